The fourth-order valence-corrected chi connectivity index (χ4v) is 2.55. The number of rotatable bonds is 4. The van der Waals surface area contributed by atoms with Gasteiger partial charge in [0.2, 0.25) is 5.78 Å². The van der Waals surface area contributed by atoms with Crippen LogP contribution in [0, 0.1) is 0 Å². The summed E-state index contributed by atoms with van der Waals surface area (Å²) in [4.78, 5) is 12.0. The molecule has 20 heavy (non-hydrogen) atoms. The van der Waals surface area contributed by atoms with Crippen molar-refractivity contribution < 1.29 is 9.53 Å². The molecular weight excluding hydrogens is 386 g/mol. The monoisotopic (exact) mass is 392 g/mol. The molecule has 0 saturated heterocycles. The van der Waals surface area contributed by atoms with Gasteiger partial charge in [-0.3, -0.25) is 4.79 Å². The Labute approximate surface area is 139 Å². The number of hydrogen-bond acceptors (Lipinski definition) is 2. The predicted octanol–water partition coefficient (Wildman–Crippen LogP) is 5.67. The molecule has 2 rings (SSSR count). The van der Waals surface area contributed by atoms with E-state index >= 15 is 0 Å². The fourth-order valence-electron chi connectivity index (χ4n) is 1.52. The molecule has 0 heterocycles. The lowest BCUT2D eigenvalue weighted by Crippen LogP contribution is -2.12. The zero-order valence-electron chi connectivity index (χ0n) is 10.00. The first kappa shape index (κ1) is 15.6. The molecule has 6 heteroatoms. The lowest BCUT2D eigenvalue weighted by atomic mass is 10.1. The summed E-state index contributed by atoms with van der Waals surface area (Å²) in [6.45, 7) is -0.155. The summed E-state index contributed by atoms with van der Waals surface area (Å²) in [7, 11) is 0. The summed E-state index contributed by atoms with van der Waals surface area (Å²) in [5, 5.41) is 1.21. The zero-order chi connectivity index (χ0) is 14.7. The van der Waals surface area contributed by atoms with Crippen LogP contribution in [0.5, 0.6) is 5.75 Å². The van der Waals surface area contributed by atoms with E-state index in [1.165, 1.54) is 6.07 Å². The molecule has 0 saturated carbocycles. The summed E-state index contributed by atoms with van der Waals surface area (Å²) >= 11 is 21.0. The van der Waals surface area contributed by atoms with Crippen molar-refractivity contribution in [2.24, 2.45) is 0 Å². The number of ether oxygens (including phenoxy) is 1. The molecule has 0 amide bonds. The second-order valence-electron chi connectivity index (χ2n) is 3.91. The summed E-state index contributed by atoms with van der Waals surface area (Å²) in [5.41, 5.74) is 0.363. The molecule has 0 unspecified atom stereocenters. The van der Waals surface area contributed by atoms with Gasteiger partial charge in [0, 0.05) is 15.1 Å². The molecule has 0 aliphatic carbocycles. The maximum Gasteiger partial charge on any atom is 0.201 e. The van der Waals surface area contributed by atoms with Crippen molar-refractivity contribution in [3.05, 3.63) is 61.5 Å². The Hall–Kier alpha value is -0.740. The summed E-state index contributed by atoms with van der Waals surface area (Å²) in [6.07, 6.45) is 0. The molecule has 0 fully saturated rings. The maximum atomic E-state index is 12.0. The largest absolute Gasteiger partial charge is 0.484 e. The summed E-state index contributed by atoms with van der Waals surface area (Å²) in [5.74, 6) is 0.183. The number of halogens is 4. The Kier molecular flexibility index (Phi) is 5.33. The van der Waals surface area contributed by atoms with Crippen molar-refractivity contribution in [1.29, 1.82) is 0 Å². The molecule has 0 N–H and O–H groups in total. The first-order valence-electron chi connectivity index (χ1n) is 5.53. The van der Waals surface area contributed by atoms with Crippen LogP contribution in [0.3, 0.4) is 0 Å². The van der Waals surface area contributed by atoms with E-state index in [2.05, 4.69) is 15.9 Å². The van der Waals surface area contributed by atoms with Gasteiger partial charge in [0.15, 0.2) is 6.61 Å². The molecule has 0 radical (unpaired) electrons. The maximum absolute atomic E-state index is 12.0. The van der Waals surface area contributed by atoms with Gasteiger partial charge >= 0.3 is 0 Å². The van der Waals surface area contributed by atoms with Crippen molar-refractivity contribution in [2.45, 2.75) is 0 Å². The number of Topliss-reactive ketones (excluding diaryl/α,β-unsaturated/α-hetero) is 1. The molecule has 0 atom stereocenters. The quantitative estimate of drug-likeness (QED) is 0.625. The molecular formula is C14H8BrCl3O2. The number of benzene rings is 2. The molecule has 0 aliphatic rings. The predicted molar refractivity (Wildman–Crippen MR) is 85.4 cm³/mol. The van der Waals surface area contributed by atoms with Gasteiger partial charge in [-0.05, 0) is 36.4 Å². The smallest absolute Gasteiger partial charge is 0.201 e. The van der Waals surface area contributed by atoms with Gasteiger partial charge in [0.05, 0.1) is 10.0 Å². The molecule has 0 aromatic heterocycles. The van der Waals surface area contributed by atoms with E-state index in [1.54, 1.807) is 30.3 Å². The molecule has 0 aliphatic heterocycles. The molecule has 0 bridgehead atoms. The summed E-state index contributed by atoms with van der Waals surface area (Å²) < 4.78 is 6.23. The number of carbonyl (C=O) groups excluding carboxylic acids is 1. The second kappa shape index (κ2) is 6.81. The van der Waals surface area contributed by atoms with Crippen molar-refractivity contribution in [3.63, 3.8) is 0 Å². The summed E-state index contributed by atoms with van der Waals surface area (Å²) in [6, 6.07) is 9.85. The van der Waals surface area contributed by atoms with E-state index in [0.717, 1.165) is 4.47 Å². The van der Waals surface area contributed by atoms with Gasteiger partial charge in [-0.15, -0.1) is 0 Å². The Morgan fingerprint density at radius 3 is 2.50 bits per heavy atom. The Bertz CT molecular complexity index is 659. The highest BCUT2D eigenvalue weighted by Gasteiger charge is 2.12. The third kappa shape index (κ3) is 3.89. The Balaban J connectivity index is 2.10. The Morgan fingerprint density at radius 1 is 1.05 bits per heavy atom. The van der Waals surface area contributed by atoms with Crippen molar-refractivity contribution in [2.75, 3.05) is 6.61 Å². The SMILES string of the molecule is O=C(COc1cc(Br)ccc1Cl)c1ccc(Cl)cc1Cl. The van der Waals surface area contributed by atoms with Crippen LogP contribution in [-0.4, -0.2) is 12.4 Å². The van der Waals surface area contributed by atoms with Crippen molar-refractivity contribution >= 4 is 56.5 Å². The van der Waals surface area contributed by atoms with Crippen LogP contribution in [0.4, 0.5) is 0 Å². The number of ketones is 1. The topological polar surface area (TPSA) is 26.3 Å². The third-order valence-corrected chi connectivity index (χ3v) is 3.84. The minimum atomic E-state index is -0.247. The standard InChI is InChI=1S/C14H8BrCl3O2/c15-8-1-4-11(17)14(5-8)20-7-13(19)10-3-2-9(16)6-12(10)18/h1-6H,7H2. The van der Waals surface area contributed by atoms with Crippen LogP contribution >= 0.6 is 50.7 Å². The van der Waals surface area contributed by atoms with Crippen LogP contribution in [0.25, 0.3) is 0 Å². The van der Waals surface area contributed by atoms with Crippen LogP contribution in [0.15, 0.2) is 40.9 Å². The van der Waals surface area contributed by atoms with Gasteiger partial charge in [-0.25, -0.2) is 0 Å². The van der Waals surface area contributed by atoms with E-state index in [1.807, 2.05) is 0 Å². The van der Waals surface area contributed by atoms with Gasteiger partial charge in [-0.2, -0.15) is 0 Å². The van der Waals surface area contributed by atoms with E-state index in [4.69, 9.17) is 39.5 Å². The van der Waals surface area contributed by atoms with Gasteiger partial charge in [0.25, 0.3) is 0 Å². The van der Waals surface area contributed by atoms with Crippen LogP contribution in [0.1, 0.15) is 10.4 Å². The van der Waals surface area contributed by atoms with Crippen LogP contribution in [0.2, 0.25) is 15.1 Å². The first-order chi connectivity index (χ1) is 9.47. The van der Waals surface area contributed by atoms with Crippen LogP contribution in [-0.2, 0) is 0 Å². The molecule has 0 spiro atoms. The highest BCUT2D eigenvalue weighted by Crippen LogP contribution is 2.28. The fraction of sp³-hybridized carbons (Fsp3) is 0.0714. The minimum Gasteiger partial charge on any atom is -0.484 e. The Morgan fingerprint density at radius 2 is 1.80 bits per heavy atom. The molecule has 104 valence electrons. The van der Waals surface area contributed by atoms with Crippen molar-refractivity contribution in [1.82, 2.24) is 0 Å². The average molecular weight is 394 g/mol. The van der Waals surface area contributed by atoms with E-state index in [0.29, 0.717) is 26.4 Å². The van der Waals surface area contributed by atoms with Gasteiger partial charge < -0.3 is 4.74 Å². The van der Waals surface area contributed by atoms with Crippen molar-refractivity contribution in [3.8, 4) is 5.75 Å². The lowest BCUT2D eigenvalue weighted by Gasteiger charge is -2.09. The second-order valence-corrected chi connectivity index (χ2v) is 6.08. The molecule has 2 aromatic rings. The highest BCUT2D eigenvalue weighted by atomic mass is 79.9. The molecule has 2 aromatic carbocycles. The number of hydrogen-bond donors (Lipinski definition) is 0. The minimum absolute atomic E-state index is 0.155. The van der Waals surface area contributed by atoms with Gasteiger partial charge in [-0.1, -0.05) is 50.7 Å². The first-order valence-corrected chi connectivity index (χ1v) is 7.46. The third-order valence-electron chi connectivity index (χ3n) is 2.48. The number of carbonyl (C=O) groups is 1. The van der Waals surface area contributed by atoms with Crippen LogP contribution < -0.4 is 4.74 Å². The lowest BCUT2D eigenvalue weighted by molar-refractivity contribution is 0.0922. The highest BCUT2D eigenvalue weighted by molar-refractivity contribution is 9.10. The zero-order valence-corrected chi connectivity index (χ0v) is 13.9. The van der Waals surface area contributed by atoms with E-state index in [-0.39, 0.29) is 12.4 Å². The normalized spacial score (nSPS) is 10.4. The van der Waals surface area contributed by atoms with Gasteiger partial charge in [0.1, 0.15) is 5.75 Å². The van der Waals surface area contributed by atoms with E-state index in [9.17, 15) is 4.79 Å². The average Bonchev–Trinajstić information content (AvgIpc) is 2.39. The molecule has 2 nitrogen and oxygen atoms in total. The van der Waals surface area contributed by atoms with E-state index < -0.39 is 0 Å².